The fraction of sp³-hybridized carbons (Fsp3) is 0.300. The zero-order valence-electron chi connectivity index (χ0n) is 13.7. The van der Waals surface area contributed by atoms with Crippen LogP contribution in [0.25, 0.3) is 0 Å². The molecule has 0 unspecified atom stereocenters. The smallest absolute Gasteiger partial charge is 0.241 e. The third-order valence-corrected chi connectivity index (χ3v) is 4.34. The fourth-order valence-electron chi connectivity index (χ4n) is 2.96. The first-order chi connectivity index (χ1) is 10.9. The highest BCUT2D eigenvalue weighted by atomic mass is 16.2. The molecule has 3 rings (SSSR count). The zero-order valence-corrected chi connectivity index (χ0v) is 13.7. The Labute approximate surface area is 136 Å². The van der Waals surface area contributed by atoms with Crippen LogP contribution in [0.2, 0.25) is 0 Å². The van der Waals surface area contributed by atoms with Crippen molar-refractivity contribution in [2.75, 3.05) is 4.90 Å². The minimum Gasteiger partial charge on any atom is -0.274 e. The summed E-state index contributed by atoms with van der Waals surface area (Å²) < 4.78 is 0. The molecule has 1 aliphatic rings. The number of nitrogens with zero attached hydrogens (tertiary/aromatic N) is 1. The second kappa shape index (κ2) is 5.65. The van der Waals surface area contributed by atoms with Gasteiger partial charge in [0.15, 0.2) is 0 Å². The van der Waals surface area contributed by atoms with Gasteiger partial charge in [-0.15, -0.1) is 0 Å². The van der Waals surface area contributed by atoms with Crippen LogP contribution in [0.1, 0.15) is 44.2 Å². The van der Waals surface area contributed by atoms with Crippen molar-refractivity contribution in [3.05, 3.63) is 65.7 Å². The fourth-order valence-corrected chi connectivity index (χ4v) is 2.96. The Hall–Kier alpha value is -2.42. The maximum absolute atomic E-state index is 12.7. The summed E-state index contributed by atoms with van der Waals surface area (Å²) in [5, 5.41) is 0. The number of carbonyl (C=O) groups is 2. The Kier molecular flexibility index (Phi) is 3.80. The van der Waals surface area contributed by atoms with Crippen molar-refractivity contribution in [2.24, 2.45) is 0 Å². The summed E-state index contributed by atoms with van der Waals surface area (Å²) in [5.41, 5.74) is 2.79. The summed E-state index contributed by atoms with van der Waals surface area (Å²) in [5.74, 6) is -0.636. The van der Waals surface area contributed by atoms with Crippen molar-refractivity contribution in [3.63, 3.8) is 0 Å². The number of amides is 2. The summed E-state index contributed by atoms with van der Waals surface area (Å²) in [6.45, 7) is 6.42. The minimum atomic E-state index is -0.369. The summed E-state index contributed by atoms with van der Waals surface area (Å²) in [4.78, 5) is 26.4. The highest BCUT2D eigenvalue weighted by Crippen LogP contribution is 2.34. The van der Waals surface area contributed by atoms with E-state index in [2.05, 4.69) is 20.8 Å². The average Bonchev–Trinajstić information content (AvgIpc) is 2.82. The third kappa shape index (κ3) is 2.91. The number of hydrogen-bond acceptors (Lipinski definition) is 2. The number of hydrogen-bond donors (Lipinski definition) is 0. The molecule has 1 saturated heterocycles. The molecule has 0 aromatic heterocycles. The molecule has 23 heavy (non-hydrogen) atoms. The first kappa shape index (κ1) is 15.5. The van der Waals surface area contributed by atoms with Crippen molar-refractivity contribution in [1.82, 2.24) is 0 Å². The molecule has 118 valence electrons. The number of rotatable bonds is 2. The van der Waals surface area contributed by atoms with E-state index in [-0.39, 0.29) is 29.6 Å². The Balaban J connectivity index is 1.89. The van der Waals surface area contributed by atoms with Gasteiger partial charge in [-0.1, -0.05) is 63.2 Å². The van der Waals surface area contributed by atoms with Crippen LogP contribution in [-0.2, 0) is 15.0 Å². The largest absolute Gasteiger partial charge is 0.274 e. The van der Waals surface area contributed by atoms with E-state index in [0.29, 0.717) is 5.69 Å². The predicted octanol–water partition coefficient (Wildman–Crippen LogP) is 4.03. The van der Waals surface area contributed by atoms with E-state index in [4.69, 9.17) is 0 Å². The Morgan fingerprint density at radius 2 is 1.52 bits per heavy atom. The first-order valence-corrected chi connectivity index (χ1v) is 7.90. The first-order valence-electron chi connectivity index (χ1n) is 7.90. The van der Waals surface area contributed by atoms with Gasteiger partial charge in [0, 0.05) is 6.42 Å². The van der Waals surface area contributed by atoms with Gasteiger partial charge in [0.05, 0.1) is 11.6 Å². The summed E-state index contributed by atoms with van der Waals surface area (Å²) in [6, 6.07) is 17.2. The highest BCUT2D eigenvalue weighted by Gasteiger charge is 2.40. The summed E-state index contributed by atoms with van der Waals surface area (Å²) >= 11 is 0. The van der Waals surface area contributed by atoms with Crippen LogP contribution in [0.5, 0.6) is 0 Å². The van der Waals surface area contributed by atoms with Gasteiger partial charge >= 0.3 is 0 Å². The molecule has 0 spiro atoms. The van der Waals surface area contributed by atoms with E-state index in [1.54, 1.807) is 0 Å². The molecular weight excluding hydrogens is 286 g/mol. The van der Waals surface area contributed by atoms with E-state index in [1.807, 2.05) is 54.6 Å². The second-order valence-corrected chi connectivity index (χ2v) is 7.03. The molecule has 2 aromatic rings. The van der Waals surface area contributed by atoms with Gasteiger partial charge in [0.2, 0.25) is 11.8 Å². The van der Waals surface area contributed by atoms with Gasteiger partial charge in [0.25, 0.3) is 0 Å². The van der Waals surface area contributed by atoms with Crippen molar-refractivity contribution in [3.8, 4) is 0 Å². The minimum absolute atomic E-state index is 0.0458. The van der Waals surface area contributed by atoms with Gasteiger partial charge in [-0.05, 0) is 28.7 Å². The predicted molar refractivity (Wildman–Crippen MR) is 91.4 cm³/mol. The Morgan fingerprint density at radius 1 is 0.913 bits per heavy atom. The van der Waals surface area contributed by atoms with Crippen LogP contribution < -0.4 is 4.90 Å². The molecule has 2 aromatic carbocycles. The molecule has 0 aliphatic carbocycles. The lowest BCUT2D eigenvalue weighted by atomic mass is 9.87. The quantitative estimate of drug-likeness (QED) is 0.786. The molecule has 0 radical (unpaired) electrons. The second-order valence-electron chi connectivity index (χ2n) is 7.03. The monoisotopic (exact) mass is 307 g/mol. The average molecular weight is 307 g/mol. The number of imide groups is 1. The molecule has 2 amide bonds. The standard InChI is InChI=1S/C20H21NO2/c1-20(2,3)15-9-11-16(12-10-15)21-18(22)13-17(19(21)23)14-7-5-4-6-8-14/h4-12,17H,13H2,1-3H3/t17-/m0/s1. The van der Waals surface area contributed by atoms with Crippen molar-refractivity contribution in [1.29, 1.82) is 0 Å². The van der Waals surface area contributed by atoms with Gasteiger partial charge in [-0.2, -0.15) is 0 Å². The molecule has 1 aliphatic heterocycles. The van der Waals surface area contributed by atoms with Crippen LogP contribution in [0.4, 0.5) is 5.69 Å². The molecule has 0 bridgehead atoms. The van der Waals surface area contributed by atoms with Gasteiger partial charge in [0.1, 0.15) is 0 Å². The van der Waals surface area contributed by atoms with Crippen LogP contribution in [-0.4, -0.2) is 11.8 Å². The number of benzene rings is 2. The highest BCUT2D eigenvalue weighted by molar-refractivity contribution is 6.22. The van der Waals surface area contributed by atoms with E-state index in [9.17, 15) is 9.59 Å². The molecular formula is C20H21NO2. The molecule has 0 N–H and O–H groups in total. The summed E-state index contributed by atoms with van der Waals surface area (Å²) in [7, 11) is 0. The van der Waals surface area contributed by atoms with Crippen molar-refractivity contribution in [2.45, 2.75) is 38.5 Å². The van der Waals surface area contributed by atoms with Crippen LogP contribution in [0.15, 0.2) is 54.6 Å². The number of carbonyl (C=O) groups excluding carboxylic acids is 2. The maximum atomic E-state index is 12.7. The van der Waals surface area contributed by atoms with E-state index in [0.717, 1.165) is 5.56 Å². The van der Waals surface area contributed by atoms with Crippen LogP contribution in [0.3, 0.4) is 0 Å². The van der Waals surface area contributed by atoms with E-state index >= 15 is 0 Å². The van der Waals surface area contributed by atoms with Crippen molar-refractivity contribution >= 4 is 17.5 Å². The van der Waals surface area contributed by atoms with Gasteiger partial charge < -0.3 is 0 Å². The lowest BCUT2D eigenvalue weighted by Gasteiger charge is -2.21. The zero-order chi connectivity index (χ0) is 16.6. The number of anilines is 1. The van der Waals surface area contributed by atoms with Crippen molar-refractivity contribution < 1.29 is 9.59 Å². The summed E-state index contributed by atoms with van der Waals surface area (Å²) in [6.07, 6.45) is 0.240. The van der Waals surface area contributed by atoms with Gasteiger partial charge in [-0.25, -0.2) is 0 Å². The maximum Gasteiger partial charge on any atom is 0.241 e. The third-order valence-electron chi connectivity index (χ3n) is 4.34. The van der Waals surface area contributed by atoms with Crippen LogP contribution in [0, 0.1) is 0 Å². The Morgan fingerprint density at radius 3 is 2.09 bits per heavy atom. The molecule has 1 fully saturated rings. The molecule has 1 heterocycles. The lowest BCUT2D eigenvalue weighted by Crippen LogP contribution is -2.30. The Bertz CT molecular complexity index is 726. The van der Waals surface area contributed by atoms with Crippen LogP contribution >= 0.6 is 0 Å². The molecule has 3 heteroatoms. The topological polar surface area (TPSA) is 37.4 Å². The lowest BCUT2D eigenvalue weighted by molar-refractivity contribution is -0.121. The normalized spacial score (nSPS) is 18.6. The molecule has 3 nitrogen and oxygen atoms in total. The van der Waals surface area contributed by atoms with E-state index < -0.39 is 0 Å². The van der Waals surface area contributed by atoms with Gasteiger partial charge in [-0.3, -0.25) is 14.5 Å². The molecule has 0 saturated carbocycles. The SMILES string of the molecule is CC(C)(C)c1ccc(N2C(=O)C[C@@H](c3ccccc3)C2=O)cc1. The van der Waals surface area contributed by atoms with E-state index in [1.165, 1.54) is 10.5 Å². The molecule has 1 atom stereocenters.